The van der Waals surface area contributed by atoms with Crippen molar-refractivity contribution in [2.45, 2.75) is 19.3 Å². The first-order valence-corrected chi connectivity index (χ1v) is 15.9. The van der Waals surface area contributed by atoms with Crippen LogP contribution in [0, 0.1) is 0 Å². The summed E-state index contributed by atoms with van der Waals surface area (Å²) in [5.74, 6) is 0.688. The number of hydrogen-bond acceptors (Lipinski definition) is 2. The molecule has 1 aliphatic rings. The summed E-state index contributed by atoms with van der Waals surface area (Å²) in [6, 6.07) is 50.1. The number of hydrogen-bond donors (Lipinski definition) is 0. The zero-order chi connectivity index (χ0) is 30.6. The molecule has 3 nitrogen and oxygen atoms in total. The lowest BCUT2D eigenvalue weighted by Gasteiger charge is -2.23. The first-order valence-electron chi connectivity index (χ1n) is 15.9. The standard InChI is InChI=1S/C43H29N3/c1-43(2)34-23-10-7-19-31(34)38-39(43)29-18-6-5-17-28(29)37-33-21-9-12-25-36(33)46(41(37)38)42-44-35-24-11-8-20-32(35)40(45-42)30-22-13-15-26-14-3-4-16-27(26)30/h3-25H,1-2H3. The summed E-state index contributed by atoms with van der Waals surface area (Å²) < 4.78 is 2.34. The minimum absolute atomic E-state index is 0.167. The summed E-state index contributed by atoms with van der Waals surface area (Å²) in [5, 5.41) is 8.47. The fraction of sp³-hybridized carbons (Fsp3) is 0.0698. The molecule has 0 saturated heterocycles. The molecule has 0 N–H and O–H groups in total. The zero-order valence-electron chi connectivity index (χ0n) is 25.6. The molecule has 2 aromatic heterocycles. The molecule has 0 atom stereocenters. The lowest BCUT2D eigenvalue weighted by Crippen LogP contribution is -2.15. The highest BCUT2D eigenvalue weighted by Crippen LogP contribution is 2.56. The summed E-state index contributed by atoms with van der Waals surface area (Å²) in [6.07, 6.45) is 0. The highest BCUT2D eigenvalue weighted by Gasteiger charge is 2.40. The van der Waals surface area contributed by atoms with E-state index in [2.05, 4.69) is 158 Å². The third-order valence-electron chi connectivity index (χ3n) is 10.2. The highest BCUT2D eigenvalue weighted by molar-refractivity contribution is 6.27. The average Bonchev–Trinajstić information content (AvgIpc) is 3.57. The Morgan fingerprint density at radius 3 is 2.02 bits per heavy atom. The van der Waals surface area contributed by atoms with E-state index in [1.807, 2.05) is 0 Å². The molecule has 0 unspecified atom stereocenters. The van der Waals surface area contributed by atoms with Crippen molar-refractivity contribution in [1.82, 2.24) is 14.5 Å². The van der Waals surface area contributed by atoms with Gasteiger partial charge in [0.05, 0.1) is 22.2 Å². The Bertz CT molecular complexity index is 2720. The Balaban J connectivity index is 1.43. The molecule has 0 spiro atoms. The number of rotatable bonds is 2. The average molecular weight is 588 g/mol. The summed E-state index contributed by atoms with van der Waals surface area (Å²) in [4.78, 5) is 10.8. The fourth-order valence-electron chi connectivity index (χ4n) is 8.22. The number of benzene rings is 7. The van der Waals surface area contributed by atoms with Crippen molar-refractivity contribution < 1.29 is 0 Å². The summed E-state index contributed by atoms with van der Waals surface area (Å²) >= 11 is 0. The van der Waals surface area contributed by atoms with Gasteiger partial charge in [-0.25, -0.2) is 9.97 Å². The number of aromatic nitrogens is 3. The molecule has 216 valence electrons. The third-order valence-corrected chi connectivity index (χ3v) is 10.2. The van der Waals surface area contributed by atoms with Crippen LogP contribution in [0.1, 0.15) is 25.0 Å². The lowest BCUT2D eigenvalue weighted by molar-refractivity contribution is 0.666. The first kappa shape index (κ1) is 25.5. The minimum atomic E-state index is -0.167. The van der Waals surface area contributed by atoms with Crippen LogP contribution in [0.15, 0.2) is 140 Å². The van der Waals surface area contributed by atoms with Gasteiger partial charge < -0.3 is 0 Å². The molecule has 10 rings (SSSR count). The van der Waals surface area contributed by atoms with Crippen LogP contribution in [0.2, 0.25) is 0 Å². The molecule has 2 heterocycles. The van der Waals surface area contributed by atoms with Gasteiger partial charge in [0.1, 0.15) is 0 Å². The molecular weight excluding hydrogens is 558 g/mol. The van der Waals surface area contributed by atoms with E-state index in [1.54, 1.807) is 0 Å². The second-order valence-electron chi connectivity index (χ2n) is 13.0. The van der Waals surface area contributed by atoms with E-state index < -0.39 is 0 Å². The molecule has 0 amide bonds. The van der Waals surface area contributed by atoms with Gasteiger partial charge in [0.15, 0.2) is 0 Å². The van der Waals surface area contributed by atoms with Crippen LogP contribution in [0.5, 0.6) is 0 Å². The maximum Gasteiger partial charge on any atom is 0.235 e. The molecule has 0 fully saturated rings. The SMILES string of the molecule is CC1(C)c2ccccc2-c2c1c1ccccc1c1c3ccccc3n(-c3nc(-c4cccc5ccccc45)c4ccccc4n3)c21. The molecule has 0 bridgehead atoms. The summed E-state index contributed by atoms with van der Waals surface area (Å²) in [6.45, 7) is 4.74. The minimum Gasteiger partial charge on any atom is -0.277 e. The van der Waals surface area contributed by atoms with E-state index in [0.717, 1.165) is 27.7 Å². The van der Waals surface area contributed by atoms with E-state index in [4.69, 9.17) is 9.97 Å². The Kier molecular flexibility index (Phi) is 5.06. The van der Waals surface area contributed by atoms with Crippen LogP contribution in [-0.2, 0) is 5.41 Å². The molecule has 0 radical (unpaired) electrons. The van der Waals surface area contributed by atoms with Crippen LogP contribution in [0.25, 0.3) is 82.6 Å². The van der Waals surface area contributed by atoms with E-state index in [0.29, 0.717) is 5.95 Å². The maximum atomic E-state index is 5.51. The van der Waals surface area contributed by atoms with Crippen LogP contribution < -0.4 is 0 Å². The van der Waals surface area contributed by atoms with Crippen LogP contribution in [-0.4, -0.2) is 14.5 Å². The second kappa shape index (κ2) is 9.12. The van der Waals surface area contributed by atoms with Crippen molar-refractivity contribution in [3.8, 4) is 28.3 Å². The quantitative estimate of drug-likeness (QED) is 0.201. The van der Waals surface area contributed by atoms with Crippen LogP contribution >= 0.6 is 0 Å². The number of para-hydroxylation sites is 2. The van der Waals surface area contributed by atoms with Crippen LogP contribution in [0.3, 0.4) is 0 Å². The Hall–Kier alpha value is -5.80. The Morgan fingerprint density at radius 1 is 0.522 bits per heavy atom. The third kappa shape index (κ3) is 3.27. The van der Waals surface area contributed by atoms with Gasteiger partial charge in [-0.2, -0.15) is 0 Å². The smallest absolute Gasteiger partial charge is 0.235 e. The van der Waals surface area contributed by atoms with Gasteiger partial charge in [-0.3, -0.25) is 4.57 Å². The predicted molar refractivity (Wildman–Crippen MR) is 192 cm³/mol. The van der Waals surface area contributed by atoms with E-state index in [9.17, 15) is 0 Å². The molecule has 46 heavy (non-hydrogen) atoms. The first-order chi connectivity index (χ1) is 22.6. The highest BCUT2D eigenvalue weighted by atomic mass is 15.2. The van der Waals surface area contributed by atoms with Crippen molar-refractivity contribution >= 4 is 54.3 Å². The second-order valence-corrected chi connectivity index (χ2v) is 13.0. The van der Waals surface area contributed by atoms with Crippen LogP contribution in [0.4, 0.5) is 0 Å². The molecule has 7 aromatic carbocycles. The van der Waals surface area contributed by atoms with Gasteiger partial charge in [-0.15, -0.1) is 0 Å². The lowest BCUT2D eigenvalue weighted by atomic mass is 9.79. The summed E-state index contributed by atoms with van der Waals surface area (Å²) in [7, 11) is 0. The van der Waals surface area contributed by atoms with Gasteiger partial charge in [-0.05, 0) is 50.4 Å². The largest absolute Gasteiger partial charge is 0.277 e. The Morgan fingerprint density at radius 2 is 1.15 bits per heavy atom. The van der Waals surface area contributed by atoms with Gasteiger partial charge in [0, 0.05) is 32.7 Å². The van der Waals surface area contributed by atoms with Gasteiger partial charge in [-0.1, -0.05) is 141 Å². The molecule has 0 saturated carbocycles. The molecule has 9 aromatic rings. The van der Waals surface area contributed by atoms with Crippen molar-refractivity contribution in [3.05, 3.63) is 151 Å². The molecule has 0 aliphatic heterocycles. The topological polar surface area (TPSA) is 30.7 Å². The maximum absolute atomic E-state index is 5.51. The van der Waals surface area contributed by atoms with E-state index >= 15 is 0 Å². The summed E-state index contributed by atoms with van der Waals surface area (Å²) in [5.41, 5.74) is 10.4. The molecular formula is C43H29N3. The number of nitrogens with zero attached hydrogens (tertiary/aromatic N) is 3. The van der Waals surface area contributed by atoms with E-state index in [1.165, 1.54) is 60.1 Å². The van der Waals surface area contributed by atoms with Gasteiger partial charge in [0.2, 0.25) is 5.95 Å². The van der Waals surface area contributed by atoms with Crippen molar-refractivity contribution in [2.75, 3.05) is 0 Å². The van der Waals surface area contributed by atoms with Gasteiger partial charge >= 0.3 is 0 Å². The number of fused-ring (bicyclic) bond motifs is 12. The van der Waals surface area contributed by atoms with Gasteiger partial charge in [0.25, 0.3) is 0 Å². The van der Waals surface area contributed by atoms with E-state index in [-0.39, 0.29) is 5.41 Å². The monoisotopic (exact) mass is 587 g/mol. The predicted octanol–water partition coefficient (Wildman–Crippen LogP) is 11.0. The Labute approximate surface area is 266 Å². The molecule has 3 heteroatoms. The zero-order valence-corrected chi connectivity index (χ0v) is 25.6. The van der Waals surface area contributed by atoms with Crippen molar-refractivity contribution in [3.63, 3.8) is 0 Å². The fourth-order valence-corrected chi connectivity index (χ4v) is 8.22. The van der Waals surface area contributed by atoms with Crippen molar-refractivity contribution in [2.24, 2.45) is 0 Å². The normalized spacial score (nSPS) is 13.6. The molecule has 1 aliphatic carbocycles. The van der Waals surface area contributed by atoms with Crippen molar-refractivity contribution in [1.29, 1.82) is 0 Å².